The fourth-order valence-electron chi connectivity index (χ4n) is 1.87. The Bertz CT molecular complexity index is 663. The Hall–Kier alpha value is -1.22. The molecule has 3 nitrogen and oxygen atoms in total. The van der Waals surface area contributed by atoms with Gasteiger partial charge in [0, 0.05) is 24.6 Å². The first-order valence-electron chi connectivity index (χ1n) is 6.71. The Morgan fingerprint density at radius 3 is 2.26 bits per heavy atom. The van der Waals surface area contributed by atoms with E-state index in [1.165, 1.54) is 24.3 Å². The van der Waals surface area contributed by atoms with Gasteiger partial charge in [0.2, 0.25) is 0 Å². The van der Waals surface area contributed by atoms with Crippen molar-refractivity contribution in [3.05, 3.63) is 69.7 Å². The Kier molecular flexibility index (Phi) is 8.46. The van der Waals surface area contributed by atoms with Gasteiger partial charge in [-0.2, -0.15) is 0 Å². The third kappa shape index (κ3) is 6.42. The summed E-state index contributed by atoms with van der Waals surface area (Å²) in [5.74, 6) is 0.0388. The smallest absolute Gasteiger partial charge is 0.191 e. The molecule has 0 saturated heterocycles. The summed E-state index contributed by atoms with van der Waals surface area (Å²) in [5, 5.41) is 6.22. The van der Waals surface area contributed by atoms with Crippen LogP contribution in [-0.4, -0.2) is 13.0 Å². The number of hydrogen-bond acceptors (Lipinski definition) is 1. The van der Waals surface area contributed by atoms with Crippen LogP contribution in [0.4, 0.5) is 8.78 Å². The van der Waals surface area contributed by atoms with E-state index in [1.54, 1.807) is 25.2 Å². The molecule has 0 radical (unpaired) electrons. The number of rotatable bonds is 4. The molecule has 2 aromatic rings. The molecule has 2 rings (SSSR count). The maximum Gasteiger partial charge on any atom is 0.191 e. The van der Waals surface area contributed by atoms with Crippen molar-refractivity contribution in [2.24, 2.45) is 4.99 Å². The zero-order chi connectivity index (χ0) is 15.9. The van der Waals surface area contributed by atoms with E-state index < -0.39 is 0 Å². The standard InChI is InChI=1S/C16H16BrF2N3.HI/c1-20-16(21-9-11-2-4-13(18)5-3-11)22-10-12-8-14(19)6-7-15(12)17;/h2-8H,9-10H2,1H3,(H2,20,21,22);1H. The minimum absolute atomic E-state index is 0. The first-order valence-corrected chi connectivity index (χ1v) is 7.50. The van der Waals surface area contributed by atoms with Crippen LogP contribution < -0.4 is 10.6 Å². The zero-order valence-corrected chi connectivity index (χ0v) is 16.4. The van der Waals surface area contributed by atoms with Crippen molar-refractivity contribution in [2.45, 2.75) is 13.1 Å². The van der Waals surface area contributed by atoms with Crippen molar-refractivity contribution >= 4 is 45.9 Å². The molecule has 0 bridgehead atoms. The van der Waals surface area contributed by atoms with Gasteiger partial charge in [0.25, 0.3) is 0 Å². The predicted molar refractivity (Wildman–Crippen MR) is 103 cm³/mol. The maximum atomic E-state index is 13.2. The van der Waals surface area contributed by atoms with Gasteiger partial charge in [-0.05, 0) is 41.5 Å². The molecule has 2 N–H and O–H groups in total. The van der Waals surface area contributed by atoms with Crippen molar-refractivity contribution in [2.75, 3.05) is 7.05 Å². The van der Waals surface area contributed by atoms with E-state index in [1.807, 2.05) is 0 Å². The van der Waals surface area contributed by atoms with Crippen LogP contribution in [0.1, 0.15) is 11.1 Å². The van der Waals surface area contributed by atoms with Crippen LogP contribution in [0.3, 0.4) is 0 Å². The largest absolute Gasteiger partial charge is 0.352 e. The first-order chi connectivity index (χ1) is 10.6. The highest BCUT2D eigenvalue weighted by atomic mass is 127. The van der Waals surface area contributed by atoms with Crippen molar-refractivity contribution in [1.82, 2.24) is 10.6 Å². The second-order valence-electron chi connectivity index (χ2n) is 4.64. The number of aliphatic imine (C=N–C) groups is 1. The number of halogens is 4. The summed E-state index contributed by atoms with van der Waals surface area (Å²) in [6.07, 6.45) is 0. The second-order valence-corrected chi connectivity index (χ2v) is 5.50. The normalized spacial score (nSPS) is 10.9. The summed E-state index contributed by atoms with van der Waals surface area (Å²) in [6, 6.07) is 10.8. The molecule has 0 aliphatic rings. The first kappa shape index (κ1) is 19.8. The van der Waals surface area contributed by atoms with E-state index in [9.17, 15) is 8.78 Å². The van der Waals surface area contributed by atoms with Crippen LogP contribution in [0.5, 0.6) is 0 Å². The zero-order valence-electron chi connectivity index (χ0n) is 12.4. The highest BCUT2D eigenvalue weighted by molar-refractivity contribution is 14.0. The summed E-state index contributed by atoms with van der Waals surface area (Å²) in [5.41, 5.74) is 1.74. The molecule has 0 aliphatic heterocycles. The Morgan fingerprint density at radius 1 is 1.00 bits per heavy atom. The van der Waals surface area contributed by atoms with E-state index in [0.717, 1.165) is 15.6 Å². The van der Waals surface area contributed by atoms with Crippen molar-refractivity contribution < 1.29 is 8.78 Å². The molecular formula is C16H17BrF2IN3. The summed E-state index contributed by atoms with van der Waals surface area (Å²) >= 11 is 3.38. The predicted octanol–water partition coefficient (Wildman–Crippen LogP) is 4.21. The minimum Gasteiger partial charge on any atom is -0.352 e. The van der Waals surface area contributed by atoms with E-state index in [2.05, 4.69) is 31.6 Å². The van der Waals surface area contributed by atoms with Crippen LogP contribution in [-0.2, 0) is 13.1 Å². The number of hydrogen-bond donors (Lipinski definition) is 2. The van der Waals surface area contributed by atoms with Gasteiger partial charge in [-0.1, -0.05) is 28.1 Å². The molecule has 0 aliphatic carbocycles. The maximum absolute atomic E-state index is 13.2. The average Bonchev–Trinajstić information content (AvgIpc) is 2.52. The van der Waals surface area contributed by atoms with Crippen LogP contribution in [0, 0.1) is 11.6 Å². The molecule has 2 aromatic carbocycles. The quantitative estimate of drug-likeness (QED) is 0.378. The lowest BCUT2D eigenvalue weighted by molar-refractivity contribution is 0.623. The van der Waals surface area contributed by atoms with Crippen molar-refractivity contribution in [3.63, 3.8) is 0 Å². The number of guanidine groups is 1. The molecule has 0 atom stereocenters. The monoisotopic (exact) mass is 495 g/mol. The SMILES string of the molecule is CN=C(NCc1ccc(F)cc1)NCc1cc(F)ccc1Br.I. The van der Waals surface area contributed by atoms with E-state index in [4.69, 9.17) is 0 Å². The highest BCUT2D eigenvalue weighted by Gasteiger charge is 2.04. The third-order valence-corrected chi connectivity index (χ3v) is 3.82. The molecule has 0 heterocycles. The Balaban J connectivity index is 0.00000264. The van der Waals surface area contributed by atoms with Crippen LogP contribution >= 0.6 is 39.9 Å². The van der Waals surface area contributed by atoms with Crippen LogP contribution in [0.15, 0.2) is 51.9 Å². The Labute approximate surface area is 159 Å². The highest BCUT2D eigenvalue weighted by Crippen LogP contribution is 2.17. The molecule has 0 amide bonds. The molecule has 7 heteroatoms. The third-order valence-electron chi connectivity index (χ3n) is 3.05. The molecule has 0 fully saturated rings. The summed E-state index contributed by atoms with van der Waals surface area (Å²) in [7, 11) is 1.65. The van der Waals surface area contributed by atoms with Crippen molar-refractivity contribution in [1.29, 1.82) is 0 Å². The van der Waals surface area contributed by atoms with Gasteiger partial charge >= 0.3 is 0 Å². The van der Waals surface area contributed by atoms with Gasteiger partial charge in [0.15, 0.2) is 5.96 Å². The van der Waals surface area contributed by atoms with Crippen molar-refractivity contribution in [3.8, 4) is 0 Å². The number of nitrogens with zero attached hydrogens (tertiary/aromatic N) is 1. The fraction of sp³-hybridized carbons (Fsp3) is 0.188. The topological polar surface area (TPSA) is 36.4 Å². The van der Waals surface area contributed by atoms with Gasteiger partial charge in [0.1, 0.15) is 11.6 Å². The molecular weight excluding hydrogens is 479 g/mol. The minimum atomic E-state index is -0.283. The summed E-state index contributed by atoms with van der Waals surface area (Å²) < 4.78 is 26.9. The number of nitrogens with one attached hydrogen (secondary N) is 2. The lowest BCUT2D eigenvalue weighted by Gasteiger charge is -2.13. The molecule has 124 valence electrons. The van der Waals surface area contributed by atoms with E-state index in [0.29, 0.717) is 19.0 Å². The molecule has 0 aromatic heterocycles. The van der Waals surface area contributed by atoms with E-state index >= 15 is 0 Å². The average molecular weight is 496 g/mol. The van der Waals surface area contributed by atoms with Gasteiger partial charge in [-0.25, -0.2) is 8.78 Å². The van der Waals surface area contributed by atoms with Crippen LogP contribution in [0.25, 0.3) is 0 Å². The van der Waals surface area contributed by atoms with Gasteiger partial charge in [0.05, 0.1) is 0 Å². The number of benzene rings is 2. The summed E-state index contributed by atoms with van der Waals surface area (Å²) in [4.78, 5) is 4.10. The van der Waals surface area contributed by atoms with Gasteiger partial charge < -0.3 is 10.6 Å². The van der Waals surface area contributed by atoms with Gasteiger partial charge in [-0.15, -0.1) is 24.0 Å². The van der Waals surface area contributed by atoms with Crippen LogP contribution in [0.2, 0.25) is 0 Å². The lowest BCUT2D eigenvalue weighted by atomic mass is 10.2. The molecule has 0 saturated carbocycles. The lowest BCUT2D eigenvalue weighted by Crippen LogP contribution is -2.36. The molecule has 0 unspecified atom stereocenters. The fourth-order valence-corrected chi connectivity index (χ4v) is 2.25. The van der Waals surface area contributed by atoms with Gasteiger partial charge in [-0.3, -0.25) is 4.99 Å². The molecule has 23 heavy (non-hydrogen) atoms. The molecule has 0 spiro atoms. The van der Waals surface area contributed by atoms with E-state index in [-0.39, 0.29) is 35.6 Å². The Morgan fingerprint density at radius 2 is 1.61 bits per heavy atom. The second kappa shape index (κ2) is 9.82. The summed E-state index contributed by atoms with van der Waals surface area (Å²) in [6.45, 7) is 0.950.